The van der Waals surface area contributed by atoms with Crippen LogP contribution in [0.5, 0.6) is 0 Å². The van der Waals surface area contributed by atoms with Crippen molar-refractivity contribution in [1.29, 1.82) is 0 Å². The Bertz CT molecular complexity index is 1070. The number of rotatable bonds is 2. The molecular weight excluding hydrogens is 352 g/mol. The summed E-state index contributed by atoms with van der Waals surface area (Å²) in [5, 5.41) is 1.12. The predicted octanol–water partition coefficient (Wildman–Crippen LogP) is 2.66. The molecule has 4 heterocycles. The molecule has 2 amide bonds. The summed E-state index contributed by atoms with van der Waals surface area (Å²) in [7, 11) is 0. The number of para-hydroxylation sites is 1. The lowest BCUT2D eigenvalue weighted by Crippen LogP contribution is -2.64. The molecule has 1 fully saturated rings. The summed E-state index contributed by atoms with van der Waals surface area (Å²) in [6.07, 6.45) is 4.00. The van der Waals surface area contributed by atoms with Gasteiger partial charge in [-0.1, -0.05) is 18.2 Å². The van der Waals surface area contributed by atoms with Crippen LogP contribution >= 0.6 is 0 Å². The molecule has 0 aliphatic carbocycles. The van der Waals surface area contributed by atoms with Gasteiger partial charge in [0.25, 0.3) is 0 Å². The minimum atomic E-state index is -0.478. The topological polar surface area (TPSA) is 69.3 Å². The number of amides is 2. The minimum Gasteiger partial charge on any atom is -0.356 e. The molecule has 0 saturated carbocycles. The van der Waals surface area contributed by atoms with E-state index in [1.54, 1.807) is 22.2 Å². The molecule has 0 bridgehead atoms. The van der Waals surface area contributed by atoms with E-state index in [-0.39, 0.29) is 30.4 Å². The quantitative estimate of drug-likeness (QED) is 0.750. The summed E-state index contributed by atoms with van der Waals surface area (Å²) >= 11 is 0. The fraction of sp³-hybridized carbons (Fsp3) is 0.318. The third-order valence-electron chi connectivity index (χ3n) is 5.94. The zero-order valence-corrected chi connectivity index (χ0v) is 15.9. The molecule has 6 heteroatoms. The van der Waals surface area contributed by atoms with Gasteiger partial charge in [0.2, 0.25) is 11.8 Å². The molecule has 3 aromatic rings. The first-order chi connectivity index (χ1) is 13.6. The van der Waals surface area contributed by atoms with Crippen molar-refractivity contribution in [3.05, 3.63) is 65.6 Å². The maximum Gasteiger partial charge on any atom is 0.246 e. The second kappa shape index (κ2) is 6.19. The smallest absolute Gasteiger partial charge is 0.246 e. The van der Waals surface area contributed by atoms with Gasteiger partial charge in [-0.15, -0.1) is 0 Å². The van der Waals surface area contributed by atoms with Gasteiger partial charge in [-0.3, -0.25) is 14.6 Å². The number of benzene rings is 1. The third-order valence-corrected chi connectivity index (χ3v) is 5.94. The Morgan fingerprint density at radius 2 is 1.86 bits per heavy atom. The number of nitrogens with zero attached hydrogens (tertiary/aromatic N) is 3. The van der Waals surface area contributed by atoms with Gasteiger partial charge < -0.3 is 14.8 Å². The first kappa shape index (κ1) is 17.0. The van der Waals surface area contributed by atoms with Gasteiger partial charge in [-0.05, 0) is 43.2 Å². The second-order valence-electron chi connectivity index (χ2n) is 7.83. The van der Waals surface area contributed by atoms with Crippen LogP contribution in [-0.2, 0) is 16.0 Å². The molecule has 1 unspecified atom stereocenters. The number of pyridine rings is 1. The average molecular weight is 374 g/mol. The molecule has 2 aliphatic heterocycles. The Balaban J connectivity index is 1.73. The second-order valence-corrected chi connectivity index (χ2v) is 7.83. The van der Waals surface area contributed by atoms with Crippen molar-refractivity contribution in [3.8, 4) is 0 Å². The lowest BCUT2D eigenvalue weighted by Gasteiger charge is -2.48. The van der Waals surface area contributed by atoms with Gasteiger partial charge in [-0.2, -0.15) is 0 Å². The van der Waals surface area contributed by atoms with Crippen LogP contribution < -0.4 is 0 Å². The highest BCUT2D eigenvalue weighted by atomic mass is 16.2. The number of carbonyl (C=O) groups excluding carboxylic acids is 2. The van der Waals surface area contributed by atoms with Crippen molar-refractivity contribution in [2.75, 3.05) is 6.54 Å². The normalized spacial score (nSPS) is 22.0. The van der Waals surface area contributed by atoms with Gasteiger partial charge in [0.15, 0.2) is 0 Å². The largest absolute Gasteiger partial charge is 0.356 e. The SMILES string of the molecule is CC(C)N1CC(=O)N2C(c3ccncc3)c3[nH]c4ccccc4c3C[C@@H]2C1=O. The number of nitrogens with one attached hydrogen (secondary N) is 1. The first-order valence-corrected chi connectivity index (χ1v) is 9.67. The lowest BCUT2D eigenvalue weighted by atomic mass is 9.86. The molecule has 28 heavy (non-hydrogen) atoms. The van der Waals surface area contributed by atoms with Crippen LogP contribution in [0.4, 0.5) is 0 Å². The van der Waals surface area contributed by atoms with E-state index in [0.717, 1.165) is 27.7 Å². The highest BCUT2D eigenvalue weighted by molar-refractivity contribution is 5.97. The Hall–Kier alpha value is -3.15. The molecule has 1 aromatic carbocycles. The maximum absolute atomic E-state index is 13.3. The number of aromatic nitrogens is 2. The predicted molar refractivity (Wildman–Crippen MR) is 106 cm³/mol. The summed E-state index contributed by atoms with van der Waals surface area (Å²) in [5.41, 5.74) is 4.13. The summed E-state index contributed by atoms with van der Waals surface area (Å²) in [6, 6.07) is 11.2. The maximum atomic E-state index is 13.3. The van der Waals surface area contributed by atoms with Crippen LogP contribution in [-0.4, -0.2) is 50.2 Å². The number of carbonyl (C=O) groups is 2. The zero-order valence-electron chi connectivity index (χ0n) is 15.9. The fourth-order valence-electron chi connectivity index (χ4n) is 4.62. The molecule has 1 N–H and O–H groups in total. The Labute approximate surface area is 163 Å². The zero-order chi connectivity index (χ0) is 19.4. The Morgan fingerprint density at radius 3 is 2.61 bits per heavy atom. The molecule has 1 saturated heterocycles. The number of aromatic amines is 1. The van der Waals surface area contributed by atoms with Gasteiger partial charge in [0.05, 0.1) is 6.04 Å². The molecule has 5 rings (SSSR count). The van der Waals surface area contributed by atoms with E-state index >= 15 is 0 Å². The summed E-state index contributed by atoms with van der Waals surface area (Å²) in [4.78, 5) is 37.6. The third kappa shape index (κ3) is 2.37. The van der Waals surface area contributed by atoms with E-state index in [2.05, 4.69) is 16.0 Å². The number of hydrogen-bond acceptors (Lipinski definition) is 3. The molecular formula is C22H22N4O2. The van der Waals surface area contributed by atoms with Crippen molar-refractivity contribution < 1.29 is 9.59 Å². The van der Waals surface area contributed by atoms with Gasteiger partial charge in [-0.25, -0.2) is 0 Å². The van der Waals surface area contributed by atoms with E-state index in [1.807, 2.05) is 44.2 Å². The van der Waals surface area contributed by atoms with Crippen LogP contribution in [0.2, 0.25) is 0 Å². The van der Waals surface area contributed by atoms with E-state index < -0.39 is 6.04 Å². The Morgan fingerprint density at radius 1 is 1.11 bits per heavy atom. The molecule has 0 spiro atoms. The van der Waals surface area contributed by atoms with Gasteiger partial charge in [0.1, 0.15) is 12.6 Å². The van der Waals surface area contributed by atoms with Crippen LogP contribution in [0.3, 0.4) is 0 Å². The average Bonchev–Trinajstić information content (AvgIpc) is 3.08. The van der Waals surface area contributed by atoms with E-state index in [4.69, 9.17) is 0 Å². The number of H-pyrrole nitrogens is 1. The number of piperazine rings is 1. The molecule has 2 atom stereocenters. The minimum absolute atomic E-state index is 0.00217. The molecule has 142 valence electrons. The van der Waals surface area contributed by atoms with Crippen LogP contribution in [0.15, 0.2) is 48.8 Å². The Kier molecular flexibility index (Phi) is 3.75. The van der Waals surface area contributed by atoms with Gasteiger partial charge in [0, 0.05) is 41.5 Å². The van der Waals surface area contributed by atoms with Crippen LogP contribution in [0.25, 0.3) is 10.9 Å². The summed E-state index contributed by atoms with van der Waals surface area (Å²) < 4.78 is 0. The summed E-state index contributed by atoms with van der Waals surface area (Å²) in [6.45, 7) is 4.05. The first-order valence-electron chi connectivity index (χ1n) is 9.67. The fourth-order valence-corrected chi connectivity index (χ4v) is 4.62. The van der Waals surface area contributed by atoms with Crippen LogP contribution in [0.1, 0.15) is 36.7 Å². The van der Waals surface area contributed by atoms with E-state index in [1.165, 1.54) is 0 Å². The highest BCUT2D eigenvalue weighted by Crippen LogP contribution is 2.42. The van der Waals surface area contributed by atoms with Crippen molar-refractivity contribution >= 4 is 22.7 Å². The molecule has 2 aliphatic rings. The summed E-state index contributed by atoms with van der Waals surface area (Å²) in [5.74, 6) is 0.0222. The number of fused-ring (bicyclic) bond motifs is 4. The standard InChI is InChI=1S/C22H22N4O2/c1-13(2)25-12-19(27)26-18(22(25)28)11-16-15-5-3-4-6-17(15)24-20(16)21(26)14-7-9-23-10-8-14/h3-10,13,18,21,24H,11-12H2,1-2H3/t18-,21?/m1/s1. The molecule has 2 aromatic heterocycles. The molecule has 0 radical (unpaired) electrons. The van der Waals surface area contributed by atoms with Crippen LogP contribution in [0, 0.1) is 0 Å². The monoisotopic (exact) mass is 374 g/mol. The van der Waals surface area contributed by atoms with Crippen molar-refractivity contribution in [1.82, 2.24) is 19.8 Å². The number of hydrogen-bond donors (Lipinski definition) is 1. The van der Waals surface area contributed by atoms with E-state index in [0.29, 0.717) is 6.42 Å². The van der Waals surface area contributed by atoms with Crippen molar-refractivity contribution in [2.45, 2.75) is 38.4 Å². The molecule has 6 nitrogen and oxygen atoms in total. The van der Waals surface area contributed by atoms with Crippen molar-refractivity contribution in [2.24, 2.45) is 0 Å². The van der Waals surface area contributed by atoms with Gasteiger partial charge >= 0.3 is 0 Å². The lowest BCUT2D eigenvalue weighted by molar-refractivity contribution is -0.160. The van der Waals surface area contributed by atoms with E-state index in [9.17, 15) is 9.59 Å². The van der Waals surface area contributed by atoms with Crippen molar-refractivity contribution in [3.63, 3.8) is 0 Å². The highest BCUT2D eigenvalue weighted by Gasteiger charge is 2.48.